The molecule has 2 fully saturated rings. The van der Waals surface area contributed by atoms with Crippen molar-refractivity contribution in [2.75, 3.05) is 13.1 Å². The summed E-state index contributed by atoms with van der Waals surface area (Å²) in [5, 5.41) is 13.9. The van der Waals surface area contributed by atoms with Crippen molar-refractivity contribution in [3.05, 3.63) is 35.9 Å². The lowest BCUT2D eigenvalue weighted by molar-refractivity contribution is -0.0124. The van der Waals surface area contributed by atoms with Crippen molar-refractivity contribution in [3.8, 4) is 0 Å². The van der Waals surface area contributed by atoms with Gasteiger partial charge in [-0.15, -0.1) is 0 Å². The summed E-state index contributed by atoms with van der Waals surface area (Å²) in [6.45, 7) is 1.93. The second kappa shape index (κ2) is 3.86. The van der Waals surface area contributed by atoms with Crippen LogP contribution in [0.5, 0.6) is 0 Å². The van der Waals surface area contributed by atoms with Crippen molar-refractivity contribution in [2.24, 2.45) is 5.92 Å². The molecule has 1 heterocycles. The van der Waals surface area contributed by atoms with E-state index >= 15 is 0 Å². The summed E-state index contributed by atoms with van der Waals surface area (Å²) in [4.78, 5) is 0. The van der Waals surface area contributed by atoms with Gasteiger partial charge in [-0.05, 0) is 49.8 Å². The molecule has 1 saturated carbocycles. The van der Waals surface area contributed by atoms with Crippen LogP contribution in [-0.4, -0.2) is 23.8 Å². The molecule has 0 aromatic heterocycles. The Labute approximate surface area is 96.7 Å². The minimum Gasteiger partial charge on any atom is -0.389 e. The zero-order chi connectivity index (χ0) is 11.0. The van der Waals surface area contributed by atoms with Crippen LogP contribution in [0.4, 0.5) is 0 Å². The van der Waals surface area contributed by atoms with Crippen LogP contribution in [0.3, 0.4) is 0 Å². The van der Waals surface area contributed by atoms with Gasteiger partial charge >= 0.3 is 0 Å². The third-order valence-electron chi connectivity index (χ3n) is 4.18. The number of hydrogen-bond donors (Lipinski definition) is 2. The van der Waals surface area contributed by atoms with Gasteiger partial charge in [-0.3, -0.25) is 0 Å². The molecule has 0 amide bonds. The van der Waals surface area contributed by atoms with E-state index in [1.165, 1.54) is 12.0 Å². The van der Waals surface area contributed by atoms with Crippen molar-refractivity contribution in [1.29, 1.82) is 0 Å². The first-order chi connectivity index (χ1) is 7.80. The van der Waals surface area contributed by atoms with Crippen LogP contribution in [0.25, 0.3) is 0 Å². The Morgan fingerprint density at radius 2 is 1.81 bits per heavy atom. The first kappa shape index (κ1) is 10.3. The van der Waals surface area contributed by atoms with Gasteiger partial charge in [-0.25, -0.2) is 0 Å². The molecule has 0 spiro atoms. The Bertz CT molecular complexity index is 356. The molecule has 2 unspecified atom stereocenters. The average molecular weight is 217 g/mol. The summed E-state index contributed by atoms with van der Waals surface area (Å²) in [6, 6.07) is 10.6. The number of hydrogen-bond acceptors (Lipinski definition) is 2. The van der Waals surface area contributed by atoms with E-state index < -0.39 is 5.60 Å². The standard InChI is InChI=1S/C14H19NO/c16-14(6-8-15-9-7-14)13-10-12(13)11-4-2-1-3-5-11/h1-5,12-13,15-16H,6-10H2. The maximum atomic E-state index is 10.6. The molecule has 2 atom stereocenters. The molecule has 86 valence electrons. The van der Waals surface area contributed by atoms with Crippen LogP contribution >= 0.6 is 0 Å². The van der Waals surface area contributed by atoms with Crippen LogP contribution in [-0.2, 0) is 0 Å². The monoisotopic (exact) mass is 217 g/mol. The van der Waals surface area contributed by atoms with E-state index in [0.717, 1.165) is 25.9 Å². The molecule has 1 saturated heterocycles. The highest BCUT2D eigenvalue weighted by molar-refractivity contribution is 5.27. The van der Waals surface area contributed by atoms with Gasteiger partial charge in [-0.1, -0.05) is 30.3 Å². The minimum atomic E-state index is -0.397. The molecular weight excluding hydrogens is 198 g/mol. The summed E-state index contributed by atoms with van der Waals surface area (Å²) in [6.07, 6.45) is 3.00. The second-order valence-electron chi connectivity index (χ2n) is 5.21. The fourth-order valence-electron chi connectivity index (χ4n) is 3.09. The molecule has 1 aliphatic carbocycles. The summed E-state index contributed by atoms with van der Waals surface area (Å²) in [5.41, 5.74) is 1.01. The van der Waals surface area contributed by atoms with Gasteiger partial charge in [-0.2, -0.15) is 0 Å². The van der Waals surface area contributed by atoms with Crippen LogP contribution in [0, 0.1) is 5.92 Å². The second-order valence-corrected chi connectivity index (χ2v) is 5.21. The summed E-state index contributed by atoms with van der Waals surface area (Å²) in [7, 11) is 0. The van der Waals surface area contributed by atoms with E-state index in [4.69, 9.17) is 0 Å². The van der Waals surface area contributed by atoms with E-state index in [9.17, 15) is 5.11 Å². The molecule has 3 rings (SSSR count). The van der Waals surface area contributed by atoms with Crippen LogP contribution in [0.1, 0.15) is 30.7 Å². The number of aliphatic hydroxyl groups is 1. The van der Waals surface area contributed by atoms with E-state index in [2.05, 4.69) is 35.6 Å². The molecule has 2 heteroatoms. The fraction of sp³-hybridized carbons (Fsp3) is 0.571. The SMILES string of the molecule is OC1(C2CC2c2ccccc2)CCNCC1. The lowest BCUT2D eigenvalue weighted by Gasteiger charge is -2.33. The van der Waals surface area contributed by atoms with Gasteiger partial charge < -0.3 is 10.4 Å². The smallest absolute Gasteiger partial charge is 0.0706 e. The van der Waals surface area contributed by atoms with Crippen molar-refractivity contribution < 1.29 is 5.11 Å². The largest absolute Gasteiger partial charge is 0.389 e. The summed E-state index contributed by atoms with van der Waals surface area (Å²) < 4.78 is 0. The quantitative estimate of drug-likeness (QED) is 0.793. The van der Waals surface area contributed by atoms with Crippen molar-refractivity contribution >= 4 is 0 Å². The molecule has 2 N–H and O–H groups in total. The molecule has 1 aliphatic heterocycles. The lowest BCUT2D eigenvalue weighted by atomic mass is 9.85. The first-order valence-corrected chi connectivity index (χ1v) is 6.28. The van der Waals surface area contributed by atoms with Crippen LogP contribution < -0.4 is 5.32 Å². The van der Waals surface area contributed by atoms with Crippen molar-refractivity contribution in [1.82, 2.24) is 5.32 Å². The van der Waals surface area contributed by atoms with E-state index in [-0.39, 0.29) is 0 Å². The van der Waals surface area contributed by atoms with E-state index in [1.807, 2.05) is 0 Å². The Morgan fingerprint density at radius 3 is 2.50 bits per heavy atom. The Kier molecular flexibility index (Phi) is 2.49. The lowest BCUT2D eigenvalue weighted by Crippen LogP contribution is -2.43. The van der Waals surface area contributed by atoms with Gasteiger partial charge in [0.25, 0.3) is 0 Å². The van der Waals surface area contributed by atoms with Gasteiger partial charge in [0.15, 0.2) is 0 Å². The zero-order valence-corrected chi connectivity index (χ0v) is 9.52. The predicted molar refractivity (Wildman–Crippen MR) is 64.3 cm³/mol. The van der Waals surface area contributed by atoms with Gasteiger partial charge in [0, 0.05) is 0 Å². The summed E-state index contributed by atoms with van der Waals surface area (Å²) >= 11 is 0. The number of benzene rings is 1. The topological polar surface area (TPSA) is 32.3 Å². The Morgan fingerprint density at radius 1 is 1.12 bits per heavy atom. The highest BCUT2D eigenvalue weighted by Gasteiger charge is 2.52. The molecule has 1 aromatic rings. The van der Waals surface area contributed by atoms with Crippen LogP contribution in [0.2, 0.25) is 0 Å². The maximum absolute atomic E-state index is 10.6. The molecule has 0 bridgehead atoms. The third-order valence-corrected chi connectivity index (χ3v) is 4.18. The maximum Gasteiger partial charge on any atom is 0.0706 e. The number of nitrogens with one attached hydrogen (secondary N) is 1. The van der Waals surface area contributed by atoms with Gasteiger partial charge in [0.05, 0.1) is 5.60 Å². The molecular formula is C14H19NO. The third kappa shape index (κ3) is 1.76. The number of rotatable bonds is 2. The zero-order valence-electron chi connectivity index (χ0n) is 9.52. The Balaban J connectivity index is 1.71. The highest BCUT2D eigenvalue weighted by Crippen LogP contribution is 2.55. The molecule has 16 heavy (non-hydrogen) atoms. The number of piperidine rings is 1. The summed E-state index contributed by atoms with van der Waals surface area (Å²) in [5.74, 6) is 1.10. The fourth-order valence-corrected chi connectivity index (χ4v) is 3.09. The highest BCUT2D eigenvalue weighted by atomic mass is 16.3. The van der Waals surface area contributed by atoms with Gasteiger partial charge in [0.2, 0.25) is 0 Å². The average Bonchev–Trinajstić information content (AvgIpc) is 3.12. The van der Waals surface area contributed by atoms with Crippen molar-refractivity contribution in [2.45, 2.75) is 30.8 Å². The normalized spacial score (nSPS) is 32.3. The van der Waals surface area contributed by atoms with Crippen LogP contribution in [0.15, 0.2) is 30.3 Å². The van der Waals surface area contributed by atoms with Gasteiger partial charge in [0.1, 0.15) is 0 Å². The van der Waals surface area contributed by atoms with E-state index in [0.29, 0.717) is 11.8 Å². The molecule has 2 aliphatic rings. The predicted octanol–water partition coefficient (Wildman–Crippen LogP) is 1.90. The molecule has 1 aromatic carbocycles. The minimum absolute atomic E-state index is 0.397. The molecule has 0 radical (unpaired) electrons. The van der Waals surface area contributed by atoms with Crippen molar-refractivity contribution in [3.63, 3.8) is 0 Å². The van der Waals surface area contributed by atoms with E-state index in [1.54, 1.807) is 0 Å². The molecule has 2 nitrogen and oxygen atoms in total. The first-order valence-electron chi connectivity index (χ1n) is 6.28. The Hall–Kier alpha value is -0.860.